The number of carboxylic acids is 1. The van der Waals surface area contributed by atoms with Crippen LogP contribution < -0.4 is 0 Å². The quantitative estimate of drug-likeness (QED) is 0.907. The fourth-order valence-electron chi connectivity index (χ4n) is 3.31. The van der Waals surface area contributed by atoms with Crippen LogP contribution in [0.4, 0.5) is 0 Å². The lowest BCUT2D eigenvalue weighted by molar-refractivity contribution is -0.138. The molecule has 0 aliphatic heterocycles. The zero-order valence-corrected chi connectivity index (χ0v) is 11.4. The van der Waals surface area contributed by atoms with E-state index in [0.29, 0.717) is 0 Å². The van der Waals surface area contributed by atoms with Gasteiger partial charge in [-0.3, -0.25) is 4.79 Å². The van der Waals surface area contributed by atoms with Gasteiger partial charge in [-0.25, -0.2) is 0 Å². The third-order valence-corrected chi connectivity index (χ3v) is 4.20. The van der Waals surface area contributed by atoms with Crippen molar-refractivity contribution >= 4 is 16.7 Å². The van der Waals surface area contributed by atoms with E-state index in [9.17, 15) is 4.79 Å². The van der Waals surface area contributed by atoms with Crippen LogP contribution in [0.25, 0.3) is 10.8 Å². The Bertz CT molecular complexity index is 658. The van der Waals surface area contributed by atoms with Gasteiger partial charge < -0.3 is 5.11 Å². The smallest absolute Gasteiger partial charge is 0.304 e. The molecule has 0 amide bonds. The van der Waals surface area contributed by atoms with Crippen LogP contribution in [0.1, 0.15) is 37.0 Å². The Balaban J connectivity index is 2.24. The molecule has 1 N–H and O–H groups in total. The van der Waals surface area contributed by atoms with E-state index < -0.39 is 5.97 Å². The minimum Gasteiger partial charge on any atom is -0.481 e. The monoisotopic (exact) mass is 254 g/mol. The van der Waals surface area contributed by atoms with Gasteiger partial charge in [0.25, 0.3) is 0 Å². The molecular weight excluding hydrogens is 236 g/mol. The maximum Gasteiger partial charge on any atom is 0.304 e. The van der Waals surface area contributed by atoms with Gasteiger partial charge in [-0.15, -0.1) is 0 Å². The minimum atomic E-state index is -0.742. The van der Waals surface area contributed by atoms with E-state index in [1.165, 1.54) is 21.9 Å². The summed E-state index contributed by atoms with van der Waals surface area (Å²) < 4.78 is 0. The first-order valence-corrected chi connectivity index (χ1v) is 6.75. The number of carbonyl (C=O) groups is 1. The van der Waals surface area contributed by atoms with Gasteiger partial charge in [-0.1, -0.05) is 44.2 Å². The van der Waals surface area contributed by atoms with Gasteiger partial charge in [0.15, 0.2) is 0 Å². The summed E-state index contributed by atoms with van der Waals surface area (Å²) >= 11 is 0. The molecule has 0 bridgehead atoms. The van der Waals surface area contributed by atoms with Crippen LogP contribution in [0, 0.1) is 0 Å². The fourth-order valence-corrected chi connectivity index (χ4v) is 3.31. The number of hydrogen-bond acceptors (Lipinski definition) is 1. The van der Waals surface area contributed by atoms with Crippen molar-refractivity contribution in [2.75, 3.05) is 0 Å². The number of hydrogen-bond donors (Lipinski definition) is 1. The van der Waals surface area contributed by atoms with E-state index in [2.05, 4.69) is 30.3 Å². The van der Waals surface area contributed by atoms with Gasteiger partial charge in [-0.2, -0.15) is 0 Å². The third kappa shape index (κ3) is 1.92. The van der Waals surface area contributed by atoms with Gasteiger partial charge >= 0.3 is 5.97 Å². The molecule has 3 rings (SSSR count). The van der Waals surface area contributed by atoms with Crippen LogP contribution in [-0.2, 0) is 23.1 Å². The van der Waals surface area contributed by atoms with Crippen molar-refractivity contribution in [3.8, 4) is 0 Å². The summed E-state index contributed by atoms with van der Waals surface area (Å²) in [6.07, 6.45) is 2.37. The van der Waals surface area contributed by atoms with E-state index >= 15 is 0 Å². The molecule has 0 aromatic heterocycles. The summed E-state index contributed by atoms with van der Waals surface area (Å²) in [7, 11) is 0. The molecule has 19 heavy (non-hydrogen) atoms. The second-order valence-corrected chi connectivity index (χ2v) is 6.07. The highest BCUT2D eigenvalue weighted by atomic mass is 16.4. The summed E-state index contributed by atoms with van der Waals surface area (Å²) in [4.78, 5) is 11.1. The van der Waals surface area contributed by atoms with Crippen LogP contribution in [0.5, 0.6) is 0 Å². The lowest BCUT2D eigenvalue weighted by Gasteiger charge is -2.25. The molecule has 0 saturated heterocycles. The molecule has 0 atom stereocenters. The average molecular weight is 254 g/mol. The van der Waals surface area contributed by atoms with Crippen LogP contribution in [0.2, 0.25) is 0 Å². The first-order chi connectivity index (χ1) is 8.99. The van der Waals surface area contributed by atoms with Gasteiger partial charge in [0.05, 0.1) is 6.42 Å². The number of aliphatic carboxylic acids is 1. The summed E-state index contributed by atoms with van der Waals surface area (Å²) in [5, 5.41) is 11.7. The zero-order chi connectivity index (χ0) is 13.6. The van der Waals surface area contributed by atoms with Gasteiger partial charge in [0.1, 0.15) is 0 Å². The van der Waals surface area contributed by atoms with Crippen LogP contribution >= 0.6 is 0 Å². The topological polar surface area (TPSA) is 37.3 Å². The number of rotatable bonds is 3. The molecule has 0 heterocycles. The van der Waals surface area contributed by atoms with Crippen molar-refractivity contribution in [1.82, 2.24) is 0 Å². The highest BCUT2D eigenvalue weighted by Gasteiger charge is 2.27. The first-order valence-electron chi connectivity index (χ1n) is 6.75. The van der Waals surface area contributed by atoms with Crippen molar-refractivity contribution < 1.29 is 9.90 Å². The number of benzene rings is 2. The Morgan fingerprint density at radius 3 is 2.53 bits per heavy atom. The molecule has 0 spiro atoms. The molecule has 2 nitrogen and oxygen atoms in total. The van der Waals surface area contributed by atoms with E-state index in [0.717, 1.165) is 18.4 Å². The molecule has 1 aliphatic carbocycles. The normalized spacial score (nSPS) is 14.0. The molecule has 2 aromatic rings. The molecule has 0 saturated carbocycles. The van der Waals surface area contributed by atoms with Gasteiger partial charge in [-0.05, 0) is 40.3 Å². The molecule has 98 valence electrons. The standard InChI is InChI=1S/C17H18O2/c1-17(2,10-15(18)19)14-9-8-12-7-6-11-4-3-5-13(14)16(11)12/h3-5,8-9H,6-7,10H2,1-2H3,(H,18,19). The van der Waals surface area contributed by atoms with E-state index in [4.69, 9.17) is 5.11 Å². The molecule has 1 aliphatic rings. The average Bonchev–Trinajstić information content (AvgIpc) is 2.73. The van der Waals surface area contributed by atoms with Crippen molar-refractivity contribution in [3.05, 3.63) is 47.0 Å². The summed E-state index contributed by atoms with van der Waals surface area (Å²) in [5.41, 5.74) is 3.62. The Morgan fingerprint density at radius 1 is 1.16 bits per heavy atom. The number of carboxylic acid groups (broad SMARTS) is 1. The first kappa shape index (κ1) is 12.2. The van der Waals surface area contributed by atoms with Crippen molar-refractivity contribution in [2.24, 2.45) is 0 Å². The maximum absolute atomic E-state index is 11.1. The van der Waals surface area contributed by atoms with Crippen LogP contribution in [-0.4, -0.2) is 11.1 Å². The van der Waals surface area contributed by atoms with Crippen molar-refractivity contribution in [2.45, 2.75) is 38.5 Å². The SMILES string of the molecule is CC(C)(CC(=O)O)c1ccc2c3c(cccc13)CC2. The fraction of sp³-hybridized carbons (Fsp3) is 0.353. The molecular formula is C17H18O2. The predicted octanol–water partition coefficient (Wildman–Crippen LogP) is 3.69. The van der Waals surface area contributed by atoms with E-state index in [-0.39, 0.29) is 11.8 Å². The number of aryl methyl sites for hydroxylation is 2. The van der Waals surface area contributed by atoms with Gasteiger partial charge in [0.2, 0.25) is 0 Å². The molecule has 2 aromatic carbocycles. The van der Waals surface area contributed by atoms with Crippen LogP contribution in [0.15, 0.2) is 30.3 Å². The highest BCUT2D eigenvalue weighted by Crippen LogP contribution is 2.38. The third-order valence-electron chi connectivity index (χ3n) is 4.20. The molecule has 0 radical (unpaired) electrons. The Labute approximate surface area is 113 Å². The Morgan fingerprint density at radius 2 is 1.84 bits per heavy atom. The largest absolute Gasteiger partial charge is 0.481 e. The molecule has 2 heteroatoms. The lowest BCUT2D eigenvalue weighted by atomic mass is 9.78. The summed E-state index contributed by atoms with van der Waals surface area (Å²) in [6, 6.07) is 10.7. The maximum atomic E-state index is 11.1. The predicted molar refractivity (Wildman–Crippen MR) is 76.6 cm³/mol. The summed E-state index contributed by atoms with van der Waals surface area (Å²) in [5.74, 6) is -0.742. The van der Waals surface area contributed by atoms with Crippen LogP contribution in [0.3, 0.4) is 0 Å². The molecule has 0 unspecified atom stereocenters. The molecule has 0 fully saturated rings. The van der Waals surface area contributed by atoms with Crippen molar-refractivity contribution in [3.63, 3.8) is 0 Å². The second-order valence-electron chi connectivity index (χ2n) is 6.07. The highest BCUT2D eigenvalue weighted by molar-refractivity contribution is 5.94. The van der Waals surface area contributed by atoms with E-state index in [1.54, 1.807) is 0 Å². The second kappa shape index (κ2) is 4.09. The van der Waals surface area contributed by atoms with E-state index in [1.807, 2.05) is 13.8 Å². The van der Waals surface area contributed by atoms with Crippen molar-refractivity contribution in [1.29, 1.82) is 0 Å². The Hall–Kier alpha value is -1.83. The zero-order valence-electron chi connectivity index (χ0n) is 11.4. The summed E-state index contributed by atoms with van der Waals surface area (Å²) in [6.45, 7) is 4.03. The lowest BCUT2D eigenvalue weighted by Crippen LogP contribution is -2.22. The van der Waals surface area contributed by atoms with Gasteiger partial charge in [0, 0.05) is 5.41 Å². The minimum absolute atomic E-state index is 0.158. The Kier molecular flexibility index (Phi) is 2.63.